The smallest absolute Gasteiger partial charge is 0.210 e. The van der Waals surface area contributed by atoms with Crippen molar-refractivity contribution in [2.24, 2.45) is 0 Å². The molecular weight excluding hydrogens is 629 g/mol. The second-order valence-electron chi connectivity index (χ2n) is 16.2. The molecule has 0 aromatic heterocycles. The number of hydrogen-bond donors (Lipinski definition) is 0. The first-order chi connectivity index (χ1) is 25.7. The van der Waals surface area contributed by atoms with Crippen LogP contribution in [0.5, 0.6) is 0 Å². The summed E-state index contributed by atoms with van der Waals surface area (Å²) in [6.45, 7) is 6.78. The molecule has 0 aliphatic carbocycles. The zero-order valence-electron chi connectivity index (χ0n) is 34.5. The number of benzene rings is 2. The lowest BCUT2D eigenvalue weighted by molar-refractivity contribution is -0.344. The molecular formula is C50H80N2. The Morgan fingerprint density at radius 2 is 0.692 bits per heavy atom. The minimum Gasteiger partial charge on any atom is -0.493 e. The van der Waals surface area contributed by atoms with E-state index < -0.39 is 0 Å². The fourth-order valence-corrected chi connectivity index (χ4v) is 7.97. The zero-order chi connectivity index (χ0) is 36.9. The van der Waals surface area contributed by atoms with Gasteiger partial charge in [-0.1, -0.05) is 206 Å². The van der Waals surface area contributed by atoms with E-state index in [1.165, 1.54) is 188 Å². The van der Waals surface area contributed by atoms with E-state index in [9.17, 15) is 5.53 Å². The summed E-state index contributed by atoms with van der Waals surface area (Å²) in [6, 6.07) is 17.8. The summed E-state index contributed by atoms with van der Waals surface area (Å²) in [5, 5.41) is 0. The molecule has 0 atom stereocenters. The predicted molar refractivity (Wildman–Crippen MR) is 230 cm³/mol. The Hall–Kier alpha value is -2.48. The predicted octanol–water partition coefficient (Wildman–Crippen LogP) is 16.9. The molecule has 2 nitrogen and oxygen atoms in total. The molecule has 0 radical (unpaired) electrons. The lowest BCUT2D eigenvalue weighted by Crippen LogP contribution is -2.02. The fourth-order valence-electron chi connectivity index (χ4n) is 7.97. The van der Waals surface area contributed by atoms with E-state index in [0.717, 1.165) is 54.6 Å². The standard InChI is InChI=1S/C50H80N2/c1-4-7-10-11-12-13-14-15-16-17-18-19-20-21-22-23-24-25-26-27-28-29-30-31-33-45-37-41-47(42-38-45)50-48(34-9-6-3)43-49(52(50)51)46-39-35-44(36-40-46)32-8-5-2/h35-43H,4-34H2,1-3H3. The minimum absolute atomic E-state index is 0.896. The topological polar surface area (TPSA) is 25.3 Å². The van der Waals surface area contributed by atoms with Crippen molar-refractivity contribution in [1.82, 2.24) is 0 Å². The number of unbranched alkanes of at least 4 members (excludes halogenated alkanes) is 25. The van der Waals surface area contributed by atoms with Crippen molar-refractivity contribution in [3.63, 3.8) is 0 Å². The molecule has 52 heavy (non-hydrogen) atoms. The van der Waals surface area contributed by atoms with Gasteiger partial charge in [-0.05, 0) is 73.9 Å². The third-order valence-electron chi connectivity index (χ3n) is 11.5. The first-order valence-electron chi connectivity index (χ1n) is 22.8. The van der Waals surface area contributed by atoms with Crippen LogP contribution in [0.4, 0.5) is 0 Å². The largest absolute Gasteiger partial charge is 0.493 e. The number of aryl methyl sites for hydroxylation is 2. The van der Waals surface area contributed by atoms with E-state index in [1.54, 1.807) is 0 Å². The van der Waals surface area contributed by atoms with Crippen LogP contribution in [0.1, 0.15) is 229 Å². The van der Waals surface area contributed by atoms with Crippen molar-refractivity contribution in [3.8, 4) is 0 Å². The fraction of sp³-hybridized carbons (Fsp3) is 0.680. The van der Waals surface area contributed by atoms with Gasteiger partial charge in [0, 0.05) is 22.8 Å². The SMILES string of the molecule is CCCCCCCCCCCCCCCCCCCCCCCCCCc1ccc(C2=C(CCCC)C=C(c3ccc(CCCC)cc3)[N+]2=[N-])cc1. The molecule has 0 fully saturated rings. The van der Waals surface area contributed by atoms with Crippen molar-refractivity contribution >= 4 is 11.4 Å². The summed E-state index contributed by atoms with van der Waals surface area (Å²) in [5.74, 6) is 0. The Morgan fingerprint density at radius 3 is 1.10 bits per heavy atom. The molecule has 0 saturated heterocycles. The lowest BCUT2D eigenvalue weighted by Gasteiger charge is -2.11. The average molecular weight is 709 g/mol. The highest BCUT2D eigenvalue weighted by Crippen LogP contribution is 2.37. The third kappa shape index (κ3) is 18.0. The van der Waals surface area contributed by atoms with Gasteiger partial charge in [0.1, 0.15) is 0 Å². The van der Waals surface area contributed by atoms with Gasteiger partial charge >= 0.3 is 0 Å². The summed E-state index contributed by atoms with van der Waals surface area (Å²) in [4.78, 5) is 0. The number of hydrogen-bond acceptors (Lipinski definition) is 0. The van der Waals surface area contributed by atoms with E-state index in [2.05, 4.69) is 75.4 Å². The third-order valence-corrected chi connectivity index (χ3v) is 11.5. The first kappa shape index (κ1) is 43.9. The van der Waals surface area contributed by atoms with Crippen LogP contribution in [0.2, 0.25) is 0 Å². The second kappa shape index (κ2) is 28.9. The van der Waals surface area contributed by atoms with Crippen LogP contribution in [-0.4, -0.2) is 4.70 Å². The van der Waals surface area contributed by atoms with Gasteiger partial charge in [0.05, 0.1) is 0 Å². The average Bonchev–Trinajstić information content (AvgIpc) is 3.50. The van der Waals surface area contributed by atoms with Gasteiger partial charge in [-0.25, -0.2) is 4.70 Å². The summed E-state index contributed by atoms with van der Waals surface area (Å²) < 4.78 is 1.45. The minimum atomic E-state index is 0.896. The van der Waals surface area contributed by atoms with Gasteiger partial charge in [-0.2, -0.15) is 0 Å². The van der Waals surface area contributed by atoms with Gasteiger partial charge in [0.15, 0.2) is 0 Å². The summed E-state index contributed by atoms with van der Waals surface area (Å²) >= 11 is 0. The van der Waals surface area contributed by atoms with Gasteiger partial charge in [0.2, 0.25) is 11.4 Å². The maximum atomic E-state index is 11.4. The molecule has 0 N–H and O–H groups in total. The second-order valence-corrected chi connectivity index (χ2v) is 16.2. The van der Waals surface area contributed by atoms with Gasteiger partial charge in [-0.15, -0.1) is 0 Å². The Bertz CT molecular complexity index is 1250. The Kier molecular flexibility index (Phi) is 24.5. The number of nitrogens with zero attached hydrogens (tertiary/aromatic N) is 2. The number of rotatable bonds is 33. The van der Waals surface area contributed by atoms with Crippen LogP contribution in [0.15, 0.2) is 60.2 Å². The van der Waals surface area contributed by atoms with E-state index in [0.29, 0.717) is 0 Å². The first-order valence-corrected chi connectivity index (χ1v) is 22.8. The van der Waals surface area contributed by atoms with E-state index in [1.807, 2.05) is 0 Å². The highest BCUT2D eigenvalue weighted by molar-refractivity contribution is 5.78. The van der Waals surface area contributed by atoms with Crippen LogP contribution in [0.3, 0.4) is 0 Å². The van der Waals surface area contributed by atoms with Crippen LogP contribution in [-0.2, 0) is 12.8 Å². The molecule has 0 amide bonds. The Morgan fingerprint density at radius 1 is 0.365 bits per heavy atom. The Balaban J connectivity index is 1.19. The lowest BCUT2D eigenvalue weighted by atomic mass is 9.99. The molecule has 1 aliphatic rings. The van der Waals surface area contributed by atoms with Gasteiger partial charge in [-0.3, -0.25) is 0 Å². The summed E-state index contributed by atoms with van der Waals surface area (Å²) in [7, 11) is 0. The number of allylic oxidation sites excluding steroid dienone is 2. The van der Waals surface area contributed by atoms with Gasteiger partial charge in [0.25, 0.3) is 0 Å². The normalized spacial score (nSPS) is 13.1. The molecule has 1 heterocycles. The summed E-state index contributed by atoms with van der Waals surface area (Å²) in [5.41, 5.74) is 19.5. The maximum Gasteiger partial charge on any atom is 0.210 e. The molecule has 0 saturated carbocycles. The van der Waals surface area contributed by atoms with Crippen molar-refractivity contribution in [3.05, 3.63) is 88.0 Å². The molecule has 2 aromatic rings. The molecule has 2 aromatic carbocycles. The van der Waals surface area contributed by atoms with Crippen LogP contribution in [0.25, 0.3) is 16.9 Å². The molecule has 0 bridgehead atoms. The Labute approximate surface area is 322 Å². The van der Waals surface area contributed by atoms with Crippen LogP contribution < -0.4 is 0 Å². The van der Waals surface area contributed by atoms with Crippen LogP contribution >= 0.6 is 0 Å². The molecule has 3 rings (SSSR count). The zero-order valence-corrected chi connectivity index (χ0v) is 34.5. The van der Waals surface area contributed by atoms with E-state index in [4.69, 9.17) is 0 Å². The van der Waals surface area contributed by atoms with Gasteiger partial charge < -0.3 is 5.53 Å². The molecule has 0 unspecified atom stereocenters. The van der Waals surface area contributed by atoms with Crippen LogP contribution in [0, 0.1) is 0 Å². The highest BCUT2D eigenvalue weighted by Gasteiger charge is 2.28. The van der Waals surface area contributed by atoms with Crippen molar-refractivity contribution in [2.45, 2.75) is 220 Å². The van der Waals surface area contributed by atoms with E-state index in [-0.39, 0.29) is 0 Å². The molecule has 2 heteroatoms. The maximum absolute atomic E-state index is 11.4. The summed E-state index contributed by atoms with van der Waals surface area (Å²) in [6.07, 6.45) is 44.6. The van der Waals surface area contributed by atoms with E-state index >= 15 is 0 Å². The molecule has 0 spiro atoms. The molecule has 290 valence electrons. The quantitative estimate of drug-likeness (QED) is 0.0521. The monoisotopic (exact) mass is 709 g/mol. The van der Waals surface area contributed by atoms with Crippen molar-refractivity contribution < 1.29 is 4.70 Å². The highest BCUT2D eigenvalue weighted by atomic mass is 15.2. The molecule has 1 aliphatic heterocycles. The van der Waals surface area contributed by atoms with Crippen molar-refractivity contribution in [2.75, 3.05) is 0 Å². The van der Waals surface area contributed by atoms with Crippen molar-refractivity contribution in [1.29, 1.82) is 0 Å².